The van der Waals surface area contributed by atoms with Crippen molar-refractivity contribution >= 4 is 18.1 Å². The maximum atomic E-state index is 12.3. The normalized spacial score (nSPS) is 10.5. The van der Waals surface area contributed by atoms with Crippen molar-refractivity contribution in [3.8, 4) is 17.2 Å². The zero-order valence-electron chi connectivity index (χ0n) is 17.2. The van der Waals surface area contributed by atoms with E-state index in [0.29, 0.717) is 35.0 Å². The monoisotopic (exact) mass is 418 g/mol. The van der Waals surface area contributed by atoms with E-state index < -0.39 is 5.97 Å². The predicted molar refractivity (Wildman–Crippen MR) is 117 cm³/mol. The van der Waals surface area contributed by atoms with E-state index in [4.69, 9.17) is 14.2 Å². The number of para-hydroxylation sites is 1. The fourth-order valence-corrected chi connectivity index (χ4v) is 2.70. The van der Waals surface area contributed by atoms with Crippen molar-refractivity contribution in [1.82, 2.24) is 5.43 Å². The minimum atomic E-state index is -0.464. The fourth-order valence-electron chi connectivity index (χ4n) is 2.70. The molecule has 0 saturated carbocycles. The van der Waals surface area contributed by atoms with E-state index in [1.54, 1.807) is 72.8 Å². The summed E-state index contributed by atoms with van der Waals surface area (Å²) in [7, 11) is 1.50. The number of nitrogens with one attached hydrogen (secondary N) is 1. The van der Waals surface area contributed by atoms with Gasteiger partial charge in [0.25, 0.3) is 5.91 Å². The Balaban J connectivity index is 1.56. The molecule has 0 fully saturated rings. The van der Waals surface area contributed by atoms with Crippen molar-refractivity contribution in [2.24, 2.45) is 5.10 Å². The maximum Gasteiger partial charge on any atom is 0.343 e. The van der Waals surface area contributed by atoms with Gasteiger partial charge in [-0.3, -0.25) is 4.79 Å². The Bertz CT molecular complexity index is 1060. The quantitative estimate of drug-likeness (QED) is 0.258. The molecule has 0 aliphatic heterocycles. The summed E-state index contributed by atoms with van der Waals surface area (Å²) in [5.41, 5.74) is 3.99. The minimum Gasteiger partial charge on any atom is -0.496 e. The van der Waals surface area contributed by atoms with Crippen LogP contribution in [0.4, 0.5) is 0 Å². The molecule has 0 aromatic heterocycles. The van der Waals surface area contributed by atoms with Gasteiger partial charge in [0, 0.05) is 0 Å². The van der Waals surface area contributed by atoms with Crippen LogP contribution in [0, 0.1) is 0 Å². The van der Waals surface area contributed by atoms with Crippen LogP contribution in [0.3, 0.4) is 0 Å². The Morgan fingerprint density at radius 2 is 1.61 bits per heavy atom. The molecular formula is C24H22N2O5. The van der Waals surface area contributed by atoms with E-state index in [1.807, 2.05) is 6.92 Å². The second kappa shape index (κ2) is 10.6. The first-order chi connectivity index (χ1) is 15.1. The smallest absolute Gasteiger partial charge is 0.343 e. The molecule has 0 saturated heterocycles. The number of methoxy groups -OCH3 is 1. The van der Waals surface area contributed by atoms with Gasteiger partial charge in [0.1, 0.15) is 17.2 Å². The summed E-state index contributed by atoms with van der Waals surface area (Å²) in [5.74, 6) is 0.714. The van der Waals surface area contributed by atoms with Crippen LogP contribution < -0.4 is 19.6 Å². The zero-order valence-corrected chi connectivity index (χ0v) is 17.2. The molecule has 0 heterocycles. The summed E-state index contributed by atoms with van der Waals surface area (Å²) in [5, 5.41) is 3.96. The van der Waals surface area contributed by atoms with Gasteiger partial charge < -0.3 is 14.2 Å². The molecular weight excluding hydrogens is 396 g/mol. The average molecular weight is 418 g/mol. The molecule has 0 spiro atoms. The molecule has 1 N–H and O–H groups in total. The Labute approximate surface area is 180 Å². The van der Waals surface area contributed by atoms with Crippen LogP contribution in [-0.4, -0.2) is 31.8 Å². The molecule has 0 bridgehead atoms. The Kier molecular flexibility index (Phi) is 7.37. The topological polar surface area (TPSA) is 86.2 Å². The number of nitrogens with zero attached hydrogens (tertiary/aromatic N) is 1. The van der Waals surface area contributed by atoms with Crippen LogP contribution in [0.25, 0.3) is 0 Å². The first kappa shape index (κ1) is 21.6. The molecule has 7 heteroatoms. The van der Waals surface area contributed by atoms with Crippen molar-refractivity contribution in [1.29, 1.82) is 0 Å². The third-order valence-corrected chi connectivity index (χ3v) is 4.22. The van der Waals surface area contributed by atoms with Gasteiger partial charge in [0.05, 0.1) is 31.1 Å². The predicted octanol–water partition coefficient (Wildman–Crippen LogP) is 4.08. The van der Waals surface area contributed by atoms with E-state index in [2.05, 4.69) is 10.5 Å². The second-order valence-electron chi connectivity index (χ2n) is 6.32. The summed E-state index contributed by atoms with van der Waals surface area (Å²) in [6, 6.07) is 20.4. The van der Waals surface area contributed by atoms with Gasteiger partial charge in [-0.15, -0.1) is 0 Å². The molecule has 3 aromatic carbocycles. The molecule has 7 nitrogen and oxygen atoms in total. The summed E-state index contributed by atoms with van der Waals surface area (Å²) >= 11 is 0. The number of amides is 1. The highest BCUT2D eigenvalue weighted by Gasteiger charge is 2.10. The number of hydrogen-bond acceptors (Lipinski definition) is 6. The van der Waals surface area contributed by atoms with E-state index in [-0.39, 0.29) is 5.91 Å². The summed E-state index contributed by atoms with van der Waals surface area (Å²) in [6.07, 6.45) is 1.49. The molecule has 0 radical (unpaired) electrons. The van der Waals surface area contributed by atoms with Crippen molar-refractivity contribution in [2.75, 3.05) is 13.7 Å². The van der Waals surface area contributed by atoms with Gasteiger partial charge in [-0.2, -0.15) is 5.10 Å². The third-order valence-electron chi connectivity index (χ3n) is 4.22. The van der Waals surface area contributed by atoms with Crippen molar-refractivity contribution in [3.05, 3.63) is 89.5 Å². The molecule has 3 rings (SSSR count). The van der Waals surface area contributed by atoms with Gasteiger partial charge in [0.2, 0.25) is 0 Å². The van der Waals surface area contributed by atoms with E-state index in [9.17, 15) is 9.59 Å². The number of esters is 1. The number of carbonyl (C=O) groups excluding carboxylic acids is 2. The number of benzene rings is 3. The van der Waals surface area contributed by atoms with Crippen molar-refractivity contribution in [2.45, 2.75) is 6.92 Å². The number of hydrogen-bond donors (Lipinski definition) is 1. The molecule has 0 atom stereocenters. The highest BCUT2D eigenvalue weighted by Crippen LogP contribution is 2.18. The van der Waals surface area contributed by atoms with Crippen LogP contribution in [0.15, 0.2) is 77.9 Å². The Hall–Kier alpha value is -4.13. The summed E-state index contributed by atoms with van der Waals surface area (Å²) in [6.45, 7) is 2.45. The van der Waals surface area contributed by atoms with Gasteiger partial charge in [-0.1, -0.05) is 12.1 Å². The van der Waals surface area contributed by atoms with Gasteiger partial charge >= 0.3 is 5.97 Å². The fraction of sp³-hybridized carbons (Fsp3) is 0.125. The van der Waals surface area contributed by atoms with Crippen LogP contribution in [-0.2, 0) is 0 Å². The van der Waals surface area contributed by atoms with E-state index in [0.717, 1.165) is 5.56 Å². The number of hydrazone groups is 1. The van der Waals surface area contributed by atoms with E-state index in [1.165, 1.54) is 13.3 Å². The van der Waals surface area contributed by atoms with Crippen LogP contribution in [0.2, 0.25) is 0 Å². The van der Waals surface area contributed by atoms with Gasteiger partial charge in [-0.25, -0.2) is 10.2 Å². The minimum absolute atomic E-state index is 0.380. The standard InChI is InChI=1S/C24H22N2O5/c1-3-30-19-14-10-18(11-15-19)24(28)31-20-12-8-17(9-13-20)16-25-26-23(27)21-6-4-5-7-22(21)29-2/h4-16H,3H2,1-2H3,(H,26,27)/b25-16-. The lowest BCUT2D eigenvalue weighted by Crippen LogP contribution is -2.18. The number of carbonyl (C=O) groups is 2. The summed E-state index contributed by atoms with van der Waals surface area (Å²) < 4.78 is 15.9. The largest absolute Gasteiger partial charge is 0.496 e. The lowest BCUT2D eigenvalue weighted by molar-refractivity contribution is 0.0734. The molecule has 0 aliphatic rings. The molecule has 0 unspecified atom stereocenters. The van der Waals surface area contributed by atoms with Crippen LogP contribution in [0.1, 0.15) is 33.2 Å². The number of ether oxygens (including phenoxy) is 3. The maximum absolute atomic E-state index is 12.3. The summed E-state index contributed by atoms with van der Waals surface area (Å²) in [4.78, 5) is 24.5. The molecule has 1 amide bonds. The first-order valence-electron chi connectivity index (χ1n) is 9.62. The number of rotatable bonds is 8. The highest BCUT2D eigenvalue weighted by molar-refractivity contribution is 5.97. The van der Waals surface area contributed by atoms with Crippen molar-refractivity contribution in [3.63, 3.8) is 0 Å². The lowest BCUT2D eigenvalue weighted by atomic mass is 10.2. The Morgan fingerprint density at radius 1 is 0.935 bits per heavy atom. The van der Waals surface area contributed by atoms with E-state index >= 15 is 0 Å². The first-order valence-corrected chi connectivity index (χ1v) is 9.62. The van der Waals surface area contributed by atoms with Gasteiger partial charge in [0.15, 0.2) is 0 Å². The molecule has 0 aliphatic carbocycles. The van der Waals surface area contributed by atoms with Crippen LogP contribution in [0.5, 0.6) is 17.2 Å². The molecule has 31 heavy (non-hydrogen) atoms. The second-order valence-corrected chi connectivity index (χ2v) is 6.32. The van der Waals surface area contributed by atoms with Crippen LogP contribution >= 0.6 is 0 Å². The SMILES string of the molecule is CCOc1ccc(C(=O)Oc2ccc(/C=N\NC(=O)c3ccccc3OC)cc2)cc1. The Morgan fingerprint density at radius 3 is 2.29 bits per heavy atom. The molecule has 3 aromatic rings. The van der Waals surface area contributed by atoms with Crippen molar-refractivity contribution < 1.29 is 23.8 Å². The average Bonchev–Trinajstić information content (AvgIpc) is 2.80. The highest BCUT2D eigenvalue weighted by atomic mass is 16.5. The third kappa shape index (κ3) is 5.93. The van der Waals surface area contributed by atoms with Gasteiger partial charge in [-0.05, 0) is 73.2 Å². The molecule has 158 valence electrons. The lowest BCUT2D eigenvalue weighted by Gasteiger charge is -2.07. The zero-order chi connectivity index (χ0) is 22.1.